The average Bonchev–Trinajstić information content (AvgIpc) is 2.82. The molecule has 0 radical (unpaired) electrons. The van der Waals surface area contributed by atoms with Crippen molar-refractivity contribution in [3.05, 3.63) is 22.4 Å². The van der Waals surface area contributed by atoms with Gasteiger partial charge in [0.2, 0.25) is 0 Å². The zero-order valence-corrected chi connectivity index (χ0v) is 11.7. The van der Waals surface area contributed by atoms with Crippen LogP contribution in [-0.2, 0) is 11.2 Å². The zero-order chi connectivity index (χ0) is 13.8. The van der Waals surface area contributed by atoms with Gasteiger partial charge in [0, 0.05) is 37.5 Å². The van der Waals surface area contributed by atoms with Gasteiger partial charge in [-0.25, -0.2) is 4.79 Å². The fourth-order valence-corrected chi connectivity index (χ4v) is 2.87. The standard InChI is InChI=1S/C13H18N2O3S/c1-14(5-4-11-3-2-6-19-11)13(18)15-8-10(9-15)7-12(16)17/h2-3,6,10H,4-5,7-9H2,1H3,(H,16,17). The third-order valence-electron chi connectivity index (χ3n) is 3.29. The number of amides is 2. The van der Waals surface area contributed by atoms with Crippen molar-refractivity contribution in [2.24, 2.45) is 5.92 Å². The van der Waals surface area contributed by atoms with Gasteiger partial charge in [0.1, 0.15) is 0 Å². The Kier molecular flexibility index (Phi) is 4.42. The maximum absolute atomic E-state index is 12.0. The van der Waals surface area contributed by atoms with Crippen LogP contribution in [0, 0.1) is 5.92 Å². The summed E-state index contributed by atoms with van der Waals surface area (Å²) in [5.41, 5.74) is 0. The summed E-state index contributed by atoms with van der Waals surface area (Å²) in [6, 6.07) is 4.07. The van der Waals surface area contributed by atoms with Gasteiger partial charge < -0.3 is 14.9 Å². The minimum Gasteiger partial charge on any atom is -0.481 e. The first kappa shape index (κ1) is 13.9. The SMILES string of the molecule is CN(CCc1cccs1)C(=O)N1CC(CC(=O)O)C1. The molecule has 2 rings (SSSR count). The van der Waals surface area contributed by atoms with Crippen molar-refractivity contribution in [2.75, 3.05) is 26.7 Å². The van der Waals surface area contributed by atoms with Crippen LogP contribution in [0.25, 0.3) is 0 Å². The number of likely N-dealkylation sites (N-methyl/N-ethyl adjacent to an activating group) is 1. The molecule has 0 atom stereocenters. The van der Waals surface area contributed by atoms with Crippen LogP contribution in [-0.4, -0.2) is 53.6 Å². The lowest BCUT2D eigenvalue weighted by atomic mass is 9.97. The Morgan fingerprint density at radius 3 is 2.84 bits per heavy atom. The average molecular weight is 282 g/mol. The summed E-state index contributed by atoms with van der Waals surface area (Å²) in [4.78, 5) is 27.2. The van der Waals surface area contributed by atoms with Gasteiger partial charge in [-0.2, -0.15) is 0 Å². The minimum absolute atomic E-state index is 0.00167. The number of urea groups is 1. The molecule has 0 spiro atoms. The number of nitrogens with zero attached hydrogens (tertiary/aromatic N) is 2. The summed E-state index contributed by atoms with van der Waals surface area (Å²) in [5, 5.41) is 10.7. The van der Waals surface area contributed by atoms with Crippen molar-refractivity contribution in [1.29, 1.82) is 0 Å². The van der Waals surface area contributed by atoms with Crippen LogP contribution in [0.3, 0.4) is 0 Å². The molecule has 1 aliphatic rings. The molecule has 5 nitrogen and oxygen atoms in total. The summed E-state index contributed by atoms with van der Waals surface area (Å²) in [6.07, 6.45) is 1.02. The lowest BCUT2D eigenvalue weighted by Crippen LogP contribution is -2.54. The van der Waals surface area contributed by atoms with Gasteiger partial charge in [0.05, 0.1) is 6.42 Å². The molecular formula is C13H18N2O3S. The molecule has 19 heavy (non-hydrogen) atoms. The van der Waals surface area contributed by atoms with Gasteiger partial charge in [-0.1, -0.05) is 6.07 Å². The molecule has 1 saturated heterocycles. The Balaban J connectivity index is 1.70. The lowest BCUT2D eigenvalue weighted by molar-refractivity contribution is -0.139. The molecule has 104 valence electrons. The van der Waals surface area contributed by atoms with Crippen molar-refractivity contribution in [3.63, 3.8) is 0 Å². The normalized spacial score (nSPS) is 15.1. The first-order valence-electron chi connectivity index (χ1n) is 6.30. The van der Waals surface area contributed by atoms with Crippen LogP contribution >= 0.6 is 11.3 Å². The van der Waals surface area contributed by atoms with Crippen LogP contribution in [0.5, 0.6) is 0 Å². The number of carbonyl (C=O) groups is 2. The molecule has 6 heteroatoms. The van der Waals surface area contributed by atoms with Crippen LogP contribution in [0.15, 0.2) is 17.5 Å². The van der Waals surface area contributed by atoms with E-state index in [-0.39, 0.29) is 18.4 Å². The third-order valence-corrected chi connectivity index (χ3v) is 4.23. The van der Waals surface area contributed by atoms with Crippen molar-refractivity contribution >= 4 is 23.3 Å². The highest BCUT2D eigenvalue weighted by atomic mass is 32.1. The summed E-state index contributed by atoms with van der Waals surface area (Å²) >= 11 is 1.70. The maximum Gasteiger partial charge on any atom is 0.319 e. The van der Waals surface area contributed by atoms with E-state index in [2.05, 4.69) is 6.07 Å². The number of hydrogen-bond donors (Lipinski definition) is 1. The van der Waals surface area contributed by atoms with Crippen LogP contribution < -0.4 is 0 Å². The van der Waals surface area contributed by atoms with E-state index in [1.807, 2.05) is 11.4 Å². The van der Waals surface area contributed by atoms with E-state index < -0.39 is 5.97 Å². The van der Waals surface area contributed by atoms with Gasteiger partial charge in [-0.15, -0.1) is 11.3 Å². The van der Waals surface area contributed by atoms with E-state index in [1.165, 1.54) is 4.88 Å². The Labute approximate surface area is 116 Å². The molecule has 0 aromatic carbocycles. The molecule has 1 aromatic heterocycles. The lowest BCUT2D eigenvalue weighted by Gasteiger charge is -2.40. The predicted octanol–water partition coefficient (Wildman–Crippen LogP) is 1.75. The first-order chi connectivity index (χ1) is 9.06. The molecule has 0 bridgehead atoms. The number of carboxylic acid groups (broad SMARTS) is 1. The quantitative estimate of drug-likeness (QED) is 0.895. The van der Waals surface area contributed by atoms with Crippen molar-refractivity contribution in [1.82, 2.24) is 9.80 Å². The number of hydrogen-bond acceptors (Lipinski definition) is 3. The van der Waals surface area contributed by atoms with Gasteiger partial charge in [0.25, 0.3) is 0 Å². The topological polar surface area (TPSA) is 60.9 Å². The largest absolute Gasteiger partial charge is 0.481 e. The molecule has 0 saturated carbocycles. The van der Waals surface area contributed by atoms with Crippen LogP contribution in [0.2, 0.25) is 0 Å². The number of thiophene rings is 1. The second kappa shape index (κ2) is 6.06. The van der Waals surface area contributed by atoms with E-state index in [4.69, 9.17) is 5.11 Å². The van der Waals surface area contributed by atoms with E-state index in [1.54, 1.807) is 28.2 Å². The Bertz CT molecular complexity index is 441. The highest BCUT2D eigenvalue weighted by Gasteiger charge is 2.33. The number of aliphatic carboxylic acids is 1. The zero-order valence-electron chi connectivity index (χ0n) is 10.9. The molecule has 1 N–H and O–H groups in total. The second-order valence-electron chi connectivity index (χ2n) is 4.90. The Morgan fingerprint density at radius 2 is 2.26 bits per heavy atom. The fourth-order valence-electron chi connectivity index (χ4n) is 2.17. The van der Waals surface area contributed by atoms with Gasteiger partial charge in [-0.05, 0) is 17.9 Å². The molecule has 0 aliphatic carbocycles. The number of carbonyl (C=O) groups excluding carboxylic acids is 1. The fraction of sp³-hybridized carbons (Fsp3) is 0.538. The van der Waals surface area contributed by atoms with Gasteiger partial charge >= 0.3 is 12.0 Å². The van der Waals surface area contributed by atoms with E-state index in [0.29, 0.717) is 19.6 Å². The molecule has 2 heterocycles. The molecular weight excluding hydrogens is 264 g/mol. The second-order valence-corrected chi connectivity index (χ2v) is 5.93. The van der Waals surface area contributed by atoms with Crippen molar-refractivity contribution in [2.45, 2.75) is 12.8 Å². The minimum atomic E-state index is -0.789. The summed E-state index contributed by atoms with van der Waals surface area (Å²) in [5.74, 6) is -0.671. The van der Waals surface area contributed by atoms with E-state index in [9.17, 15) is 9.59 Å². The Hall–Kier alpha value is -1.56. The monoisotopic (exact) mass is 282 g/mol. The molecule has 1 aliphatic heterocycles. The van der Waals surface area contributed by atoms with Gasteiger partial charge in [-0.3, -0.25) is 4.79 Å². The van der Waals surface area contributed by atoms with Crippen molar-refractivity contribution in [3.8, 4) is 0 Å². The predicted molar refractivity (Wildman–Crippen MR) is 73.4 cm³/mol. The number of likely N-dealkylation sites (tertiary alicyclic amines) is 1. The summed E-state index contributed by atoms with van der Waals surface area (Å²) < 4.78 is 0. The van der Waals surface area contributed by atoms with E-state index >= 15 is 0 Å². The summed E-state index contributed by atoms with van der Waals surface area (Å²) in [7, 11) is 1.79. The number of carboxylic acids is 1. The first-order valence-corrected chi connectivity index (χ1v) is 7.18. The molecule has 0 unspecified atom stereocenters. The molecule has 1 fully saturated rings. The number of rotatable bonds is 5. The highest BCUT2D eigenvalue weighted by molar-refractivity contribution is 7.09. The van der Waals surface area contributed by atoms with Crippen LogP contribution in [0.1, 0.15) is 11.3 Å². The molecule has 2 amide bonds. The Morgan fingerprint density at radius 1 is 1.53 bits per heavy atom. The summed E-state index contributed by atoms with van der Waals surface area (Å²) in [6.45, 7) is 1.82. The van der Waals surface area contributed by atoms with Crippen LogP contribution in [0.4, 0.5) is 4.79 Å². The molecule has 1 aromatic rings. The maximum atomic E-state index is 12.0. The highest BCUT2D eigenvalue weighted by Crippen LogP contribution is 2.20. The smallest absolute Gasteiger partial charge is 0.319 e. The van der Waals surface area contributed by atoms with Gasteiger partial charge in [0.15, 0.2) is 0 Å². The van der Waals surface area contributed by atoms with Crippen molar-refractivity contribution < 1.29 is 14.7 Å². The third kappa shape index (κ3) is 3.70. The van der Waals surface area contributed by atoms with E-state index in [0.717, 1.165) is 6.42 Å².